The number of para-hydroxylation sites is 1. The zero-order valence-electron chi connectivity index (χ0n) is 12.2. The Morgan fingerprint density at radius 2 is 2.00 bits per heavy atom. The molecule has 110 valence electrons. The number of nitrogens with zero attached hydrogens (tertiary/aromatic N) is 2. The van der Waals surface area contributed by atoms with Crippen molar-refractivity contribution in [2.45, 2.75) is 44.2 Å². The van der Waals surface area contributed by atoms with Crippen molar-refractivity contribution in [3.8, 4) is 5.75 Å². The largest absolute Gasteiger partial charge is 0.491 e. The van der Waals surface area contributed by atoms with E-state index in [1.807, 2.05) is 18.3 Å². The van der Waals surface area contributed by atoms with Crippen LogP contribution in [0.3, 0.4) is 0 Å². The molecule has 2 aromatic rings. The number of benzene rings is 1. The number of nitrogens with one attached hydrogen (secondary N) is 1. The minimum Gasteiger partial charge on any atom is -0.491 e. The number of aromatic nitrogens is 2. The summed E-state index contributed by atoms with van der Waals surface area (Å²) < 4.78 is 8.03. The lowest BCUT2D eigenvalue weighted by atomic mass is 9.96. The zero-order chi connectivity index (χ0) is 14.1. The fourth-order valence-electron chi connectivity index (χ4n) is 3.48. The summed E-state index contributed by atoms with van der Waals surface area (Å²) in [5, 5.41) is 3.63. The van der Waals surface area contributed by atoms with E-state index < -0.39 is 0 Å². The summed E-state index contributed by atoms with van der Waals surface area (Å²) in [6.07, 6.45) is 10.5. The highest BCUT2D eigenvalue weighted by Gasteiger charge is 2.27. The van der Waals surface area contributed by atoms with Crippen LogP contribution in [0.5, 0.6) is 5.75 Å². The monoisotopic (exact) mass is 283 g/mol. The van der Waals surface area contributed by atoms with Crippen LogP contribution in [-0.4, -0.2) is 22.2 Å². The molecule has 0 saturated heterocycles. The SMILES string of the molecule is c1ccc2c(c1)OCC2n1ccnc1NC1CCCCC1. The van der Waals surface area contributed by atoms with Gasteiger partial charge in [0.25, 0.3) is 0 Å². The van der Waals surface area contributed by atoms with Gasteiger partial charge >= 0.3 is 0 Å². The summed E-state index contributed by atoms with van der Waals surface area (Å²) in [4.78, 5) is 4.52. The van der Waals surface area contributed by atoms with E-state index in [1.54, 1.807) is 0 Å². The van der Waals surface area contributed by atoms with Crippen LogP contribution in [0.4, 0.5) is 5.95 Å². The average molecular weight is 283 g/mol. The van der Waals surface area contributed by atoms with Crippen molar-refractivity contribution in [2.24, 2.45) is 0 Å². The topological polar surface area (TPSA) is 39.1 Å². The zero-order valence-corrected chi connectivity index (χ0v) is 12.2. The molecule has 4 nitrogen and oxygen atoms in total. The van der Waals surface area contributed by atoms with Gasteiger partial charge in [0.15, 0.2) is 0 Å². The van der Waals surface area contributed by atoms with Gasteiger partial charge in [-0.3, -0.25) is 0 Å². The number of rotatable bonds is 3. The van der Waals surface area contributed by atoms with E-state index in [-0.39, 0.29) is 6.04 Å². The van der Waals surface area contributed by atoms with E-state index in [0.29, 0.717) is 12.6 Å². The Labute approximate surface area is 125 Å². The van der Waals surface area contributed by atoms with Gasteiger partial charge in [-0.05, 0) is 18.9 Å². The molecule has 0 bridgehead atoms. The molecule has 1 N–H and O–H groups in total. The summed E-state index contributed by atoms with van der Waals surface area (Å²) in [6.45, 7) is 0.690. The number of fused-ring (bicyclic) bond motifs is 1. The molecule has 1 aliphatic carbocycles. The number of imidazole rings is 1. The summed E-state index contributed by atoms with van der Waals surface area (Å²) in [7, 11) is 0. The molecular formula is C17H21N3O. The van der Waals surface area contributed by atoms with Gasteiger partial charge in [-0.15, -0.1) is 0 Å². The lowest BCUT2D eigenvalue weighted by Gasteiger charge is -2.24. The molecule has 21 heavy (non-hydrogen) atoms. The highest BCUT2D eigenvalue weighted by atomic mass is 16.5. The van der Waals surface area contributed by atoms with Crippen molar-refractivity contribution < 1.29 is 4.74 Å². The van der Waals surface area contributed by atoms with Crippen LogP contribution in [-0.2, 0) is 0 Å². The summed E-state index contributed by atoms with van der Waals surface area (Å²) in [6, 6.07) is 9.09. The molecule has 0 radical (unpaired) electrons. The van der Waals surface area contributed by atoms with Crippen LogP contribution in [0.2, 0.25) is 0 Å². The predicted molar refractivity (Wildman–Crippen MR) is 82.8 cm³/mol. The lowest BCUT2D eigenvalue weighted by Crippen LogP contribution is -2.25. The molecule has 2 heterocycles. The highest BCUT2D eigenvalue weighted by Crippen LogP contribution is 2.36. The molecule has 1 fully saturated rings. The van der Waals surface area contributed by atoms with Crippen molar-refractivity contribution in [3.63, 3.8) is 0 Å². The van der Waals surface area contributed by atoms with Gasteiger partial charge in [0, 0.05) is 24.0 Å². The van der Waals surface area contributed by atoms with Gasteiger partial charge in [0.2, 0.25) is 5.95 Å². The molecule has 1 atom stereocenters. The van der Waals surface area contributed by atoms with Crippen molar-refractivity contribution in [1.82, 2.24) is 9.55 Å². The second kappa shape index (κ2) is 5.43. The summed E-state index contributed by atoms with van der Waals surface area (Å²) in [5.74, 6) is 1.98. The van der Waals surface area contributed by atoms with E-state index >= 15 is 0 Å². The van der Waals surface area contributed by atoms with Gasteiger partial charge in [0.05, 0.1) is 6.04 Å². The third-order valence-corrected chi connectivity index (χ3v) is 4.62. The van der Waals surface area contributed by atoms with E-state index in [2.05, 4.69) is 33.2 Å². The smallest absolute Gasteiger partial charge is 0.203 e. The fourth-order valence-corrected chi connectivity index (χ4v) is 3.48. The van der Waals surface area contributed by atoms with Gasteiger partial charge < -0.3 is 14.6 Å². The predicted octanol–water partition coefficient (Wildman–Crippen LogP) is 3.61. The molecule has 0 spiro atoms. The van der Waals surface area contributed by atoms with E-state index in [9.17, 15) is 0 Å². The molecular weight excluding hydrogens is 262 g/mol. The number of hydrogen-bond acceptors (Lipinski definition) is 3. The van der Waals surface area contributed by atoms with Gasteiger partial charge in [0.1, 0.15) is 12.4 Å². The number of ether oxygens (including phenoxy) is 1. The first-order chi connectivity index (χ1) is 10.4. The van der Waals surface area contributed by atoms with Crippen molar-refractivity contribution in [1.29, 1.82) is 0 Å². The molecule has 4 heteroatoms. The third kappa shape index (κ3) is 2.39. The molecule has 4 rings (SSSR count). The van der Waals surface area contributed by atoms with Crippen LogP contribution >= 0.6 is 0 Å². The second-order valence-electron chi connectivity index (χ2n) is 6.00. The molecule has 1 aromatic heterocycles. The van der Waals surface area contributed by atoms with E-state index in [4.69, 9.17) is 4.74 Å². The number of anilines is 1. The third-order valence-electron chi connectivity index (χ3n) is 4.62. The Morgan fingerprint density at radius 1 is 1.14 bits per heavy atom. The average Bonchev–Trinajstić information content (AvgIpc) is 3.14. The van der Waals surface area contributed by atoms with Gasteiger partial charge in [-0.1, -0.05) is 37.5 Å². The van der Waals surface area contributed by atoms with Gasteiger partial charge in [-0.2, -0.15) is 0 Å². The Morgan fingerprint density at radius 3 is 2.90 bits per heavy atom. The van der Waals surface area contributed by atoms with E-state index in [0.717, 1.165) is 11.7 Å². The first-order valence-electron chi connectivity index (χ1n) is 7.93. The Hall–Kier alpha value is -1.97. The number of hydrogen-bond donors (Lipinski definition) is 1. The molecule has 1 aromatic carbocycles. The standard InChI is InChI=1S/C17H21N3O/c1-2-6-13(7-3-1)19-17-18-10-11-20(17)15-12-21-16-9-5-4-8-14(15)16/h4-5,8-11,13,15H,1-3,6-7,12H2,(H,18,19). The van der Waals surface area contributed by atoms with Crippen molar-refractivity contribution in [2.75, 3.05) is 11.9 Å². The first-order valence-corrected chi connectivity index (χ1v) is 7.93. The maximum absolute atomic E-state index is 5.80. The van der Waals surface area contributed by atoms with E-state index in [1.165, 1.54) is 37.7 Å². The Kier molecular flexibility index (Phi) is 3.30. The van der Waals surface area contributed by atoms with Crippen molar-refractivity contribution >= 4 is 5.95 Å². The Bertz CT molecular complexity index is 616. The second-order valence-corrected chi connectivity index (χ2v) is 6.00. The molecule has 1 unspecified atom stereocenters. The first kappa shape index (κ1) is 12.7. The molecule has 0 amide bonds. The van der Waals surface area contributed by atoms with Crippen molar-refractivity contribution in [3.05, 3.63) is 42.2 Å². The summed E-state index contributed by atoms with van der Waals surface area (Å²) >= 11 is 0. The minimum atomic E-state index is 0.231. The fraction of sp³-hybridized carbons (Fsp3) is 0.471. The molecule has 1 saturated carbocycles. The van der Waals surface area contributed by atoms with Crippen LogP contribution in [0.25, 0.3) is 0 Å². The molecule has 1 aliphatic heterocycles. The lowest BCUT2D eigenvalue weighted by molar-refractivity contribution is 0.317. The minimum absolute atomic E-state index is 0.231. The highest BCUT2D eigenvalue weighted by molar-refractivity contribution is 5.42. The van der Waals surface area contributed by atoms with Crippen LogP contribution in [0, 0.1) is 0 Å². The molecule has 2 aliphatic rings. The van der Waals surface area contributed by atoms with Crippen LogP contribution in [0.15, 0.2) is 36.7 Å². The maximum atomic E-state index is 5.80. The normalized spacial score (nSPS) is 21.8. The summed E-state index contributed by atoms with van der Waals surface area (Å²) in [5.41, 5.74) is 1.25. The van der Waals surface area contributed by atoms with Crippen LogP contribution in [0.1, 0.15) is 43.7 Å². The maximum Gasteiger partial charge on any atom is 0.203 e. The Balaban J connectivity index is 1.58. The van der Waals surface area contributed by atoms with Crippen LogP contribution < -0.4 is 10.1 Å². The van der Waals surface area contributed by atoms with Gasteiger partial charge in [-0.25, -0.2) is 4.98 Å². The quantitative estimate of drug-likeness (QED) is 0.935.